The Morgan fingerprint density at radius 1 is 1.14 bits per heavy atom. The number of benzene rings is 1. The van der Waals surface area contributed by atoms with Crippen LogP contribution in [-0.2, 0) is 23.0 Å². The van der Waals surface area contributed by atoms with Gasteiger partial charge in [0.05, 0.1) is 11.2 Å². The minimum atomic E-state index is -3.55. The number of amides is 1. The molecule has 1 N–H and O–H groups in total. The molecule has 0 saturated carbocycles. The van der Waals surface area contributed by atoms with Crippen LogP contribution in [0.4, 0.5) is 0 Å². The van der Waals surface area contributed by atoms with Crippen molar-refractivity contribution in [3.05, 3.63) is 58.3 Å². The summed E-state index contributed by atoms with van der Waals surface area (Å²) in [5, 5.41) is 2.72. The van der Waals surface area contributed by atoms with E-state index in [1.807, 2.05) is 6.92 Å². The van der Waals surface area contributed by atoms with Crippen LogP contribution in [0.25, 0.3) is 0 Å². The highest BCUT2D eigenvalue weighted by Gasteiger charge is 2.21. The molecule has 0 bridgehead atoms. The van der Waals surface area contributed by atoms with Crippen LogP contribution in [0.3, 0.4) is 0 Å². The van der Waals surface area contributed by atoms with E-state index >= 15 is 0 Å². The molecule has 1 amide bonds. The molecule has 152 valence electrons. The molecule has 0 unspecified atom stereocenters. The van der Waals surface area contributed by atoms with Crippen molar-refractivity contribution < 1.29 is 13.2 Å². The van der Waals surface area contributed by atoms with Gasteiger partial charge in [-0.3, -0.25) is 14.2 Å². The van der Waals surface area contributed by atoms with Gasteiger partial charge in [-0.15, -0.1) is 0 Å². The Bertz CT molecular complexity index is 964. The largest absolute Gasteiger partial charge is 0.350 e. The molecule has 0 aliphatic heterocycles. The predicted octanol–water partition coefficient (Wildman–Crippen LogP) is 1.27. The van der Waals surface area contributed by atoms with Gasteiger partial charge in [0.25, 0.3) is 11.5 Å². The van der Waals surface area contributed by atoms with Crippen LogP contribution < -0.4 is 10.9 Å². The smallest absolute Gasteiger partial charge is 0.253 e. The van der Waals surface area contributed by atoms with Gasteiger partial charge in [0.2, 0.25) is 10.0 Å². The lowest BCUT2D eigenvalue weighted by atomic mass is 10.2. The summed E-state index contributed by atoms with van der Waals surface area (Å²) in [6.45, 7) is 6.80. The second kappa shape index (κ2) is 9.61. The van der Waals surface area contributed by atoms with Crippen molar-refractivity contribution in [3.8, 4) is 0 Å². The number of hydrogen-bond acceptors (Lipinski definition) is 5. The second-order valence-corrected chi connectivity index (χ2v) is 8.07. The van der Waals surface area contributed by atoms with E-state index < -0.39 is 10.0 Å². The number of nitrogens with zero attached hydrogens (tertiary/aromatic N) is 3. The van der Waals surface area contributed by atoms with E-state index in [2.05, 4.69) is 10.3 Å². The van der Waals surface area contributed by atoms with Crippen molar-refractivity contribution >= 4 is 15.9 Å². The van der Waals surface area contributed by atoms with Crippen molar-refractivity contribution in [2.24, 2.45) is 0 Å². The zero-order chi connectivity index (χ0) is 20.7. The van der Waals surface area contributed by atoms with E-state index in [0.717, 1.165) is 5.69 Å². The van der Waals surface area contributed by atoms with Crippen LogP contribution in [0.1, 0.15) is 36.8 Å². The van der Waals surface area contributed by atoms with Gasteiger partial charge >= 0.3 is 0 Å². The van der Waals surface area contributed by atoms with Crippen LogP contribution >= 0.6 is 0 Å². The molecule has 0 fully saturated rings. The number of aromatic nitrogens is 2. The maximum Gasteiger partial charge on any atom is 0.253 e. The first kappa shape index (κ1) is 21.8. The number of aryl methyl sites for hydroxylation is 1. The molecule has 0 atom stereocenters. The lowest BCUT2D eigenvalue weighted by Crippen LogP contribution is -2.31. The number of rotatable bonds is 9. The molecule has 8 nitrogen and oxygen atoms in total. The lowest BCUT2D eigenvalue weighted by Gasteiger charge is -2.18. The summed E-state index contributed by atoms with van der Waals surface area (Å²) in [6.07, 6.45) is 2.16. The molecule has 28 heavy (non-hydrogen) atoms. The van der Waals surface area contributed by atoms with Crippen LogP contribution in [0, 0.1) is 0 Å². The zero-order valence-electron chi connectivity index (χ0n) is 16.4. The molecule has 0 radical (unpaired) electrons. The van der Waals surface area contributed by atoms with Gasteiger partial charge in [0, 0.05) is 43.5 Å². The fourth-order valence-electron chi connectivity index (χ4n) is 2.71. The molecule has 2 rings (SSSR count). The van der Waals surface area contributed by atoms with Gasteiger partial charge in [-0.2, -0.15) is 4.31 Å². The fourth-order valence-corrected chi connectivity index (χ4v) is 4.17. The number of carbonyl (C=O) groups is 1. The first-order valence-electron chi connectivity index (χ1n) is 9.27. The lowest BCUT2D eigenvalue weighted by molar-refractivity contribution is 0.0952. The van der Waals surface area contributed by atoms with Crippen LogP contribution in [0.15, 0.2) is 46.3 Å². The Kier molecular flexibility index (Phi) is 7.47. The number of hydrogen-bond donors (Lipinski definition) is 1. The first-order valence-corrected chi connectivity index (χ1v) is 10.7. The van der Waals surface area contributed by atoms with Crippen molar-refractivity contribution in [1.29, 1.82) is 0 Å². The highest BCUT2D eigenvalue weighted by molar-refractivity contribution is 7.89. The third-order valence-electron chi connectivity index (χ3n) is 4.40. The Balaban J connectivity index is 1.99. The summed E-state index contributed by atoms with van der Waals surface area (Å²) in [7, 11) is -3.55. The fraction of sp³-hybridized carbons (Fsp3) is 0.421. The van der Waals surface area contributed by atoms with Crippen molar-refractivity contribution in [2.75, 3.05) is 19.6 Å². The molecule has 1 aromatic carbocycles. The van der Waals surface area contributed by atoms with Crippen LogP contribution in [0.5, 0.6) is 0 Å². The average Bonchev–Trinajstić information content (AvgIpc) is 2.69. The highest BCUT2D eigenvalue weighted by Crippen LogP contribution is 2.16. The maximum absolute atomic E-state index is 12.5. The van der Waals surface area contributed by atoms with Gasteiger partial charge in [-0.05, 0) is 30.7 Å². The van der Waals surface area contributed by atoms with E-state index in [0.29, 0.717) is 31.6 Å². The Hall–Kier alpha value is -2.52. The molecule has 1 aromatic heterocycles. The minimum absolute atomic E-state index is 0.154. The summed E-state index contributed by atoms with van der Waals surface area (Å²) >= 11 is 0. The standard InChI is InChI=1S/C19H26N4O4S/c1-4-16-13-18(24)22(14-21-16)12-11-20-19(25)15-7-9-17(10-8-15)28(26,27)23(5-2)6-3/h7-10,13-14H,4-6,11-12H2,1-3H3,(H,20,25). The number of sulfonamides is 1. The molecule has 0 aliphatic rings. The summed E-state index contributed by atoms with van der Waals surface area (Å²) in [5.74, 6) is -0.335. The van der Waals surface area contributed by atoms with Crippen molar-refractivity contribution in [2.45, 2.75) is 38.6 Å². The van der Waals surface area contributed by atoms with E-state index in [9.17, 15) is 18.0 Å². The van der Waals surface area contributed by atoms with Crippen LogP contribution in [0.2, 0.25) is 0 Å². The zero-order valence-corrected chi connectivity index (χ0v) is 17.2. The first-order chi connectivity index (χ1) is 13.3. The van der Waals surface area contributed by atoms with E-state index in [1.54, 1.807) is 13.8 Å². The Labute approximate surface area is 165 Å². The molecule has 1 heterocycles. The van der Waals surface area contributed by atoms with E-state index in [1.165, 1.54) is 45.5 Å². The Morgan fingerprint density at radius 3 is 2.32 bits per heavy atom. The third kappa shape index (κ3) is 5.05. The van der Waals surface area contributed by atoms with Gasteiger partial charge in [-0.1, -0.05) is 20.8 Å². The Morgan fingerprint density at radius 2 is 1.79 bits per heavy atom. The average molecular weight is 407 g/mol. The molecule has 9 heteroatoms. The van der Waals surface area contributed by atoms with Crippen LogP contribution in [-0.4, -0.2) is 47.8 Å². The normalized spacial score (nSPS) is 11.6. The molecular formula is C19H26N4O4S. The van der Waals surface area contributed by atoms with Gasteiger partial charge in [-0.25, -0.2) is 13.4 Å². The summed E-state index contributed by atoms with van der Waals surface area (Å²) < 4.78 is 27.7. The maximum atomic E-state index is 12.5. The predicted molar refractivity (Wildman–Crippen MR) is 107 cm³/mol. The van der Waals surface area contributed by atoms with E-state index in [-0.39, 0.29) is 22.9 Å². The number of carbonyl (C=O) groups excluding carboxylic acids is 1. The van der Waals surface area contributed by atoms with E-state index in [4.69, 9.17) is 0 Å². The summed E-state index contributed by atoms with van der Waals surface area (Å²) in [5.41, 5.74) is 0.919. The minimum Gasteiger partial charge on any atom is -0.350 e. The third-order valence-corrected chi connectivity index (χ3v) is 6.46. The molecule has 0 aliphatic carbocycles. The topological polar surface area (TPSA) is 101 Å². The van der Waals surface area contributed by atoms with Crippen molar-refractivity contribution in [3.63, 3.8) is 0 Å². The van der Waals surface area contributed by atoms with Gasteiger partial charge in [0.1, 0.15) is 0 Å². The summed E-state index contributed by atoms with van der Waals surface area (Å²) in [4.78, 5) is 28.5. The molecule has 2 aromatic rings. The summed E-state index contributed by atoms with van der Waals surface area (Å²) in [6, 6.07) is 7.31. The van der Waals surface area contributed by atoms with Crippen molar-refractivity contribution in [1.82, 2.24) is 19.2 Å². The highest BCUT2D eigenvalue weighted by atomic mass is 32.2. The molecular weight excluding hydrogens is 380 g/mol. The van der Waals surface area contributed by atoms with Gasteiger partial charge < -0.3 is 5.32 Å². The molecule has 0 spiro atoms. The second-order valence-electron chi connectivity index (χ2n) is 6.14. The number of nitrogens with one attached hydrogen (secondary N) is 1. The van der Waals surface area contributed by atoms with Gasteiger partial charge in [0.15, 0.2) is 0 Å². The SMILES string of the molecule is CCc1cc(=O)n(CCNC(=O)c2ccc(S(=O)(=O)N(CC)CC)cc2)cn1. The molecule has 0 saturated heterocycles. The quantitative estimate of drug-likeness (QED) is 0.676. The monoisotopic (exact) mass is 406 g/mol.